The van der Waals surface area contributed by atoms with E-state index in [0.29, 0.717) is 38.2 Å². The van der Waals surface area contributed by atoms with Gasteiger partial charge in [0, 0.05) is 29.4 Å². The van der Waals surface area contributed by atoms with Crippen LogP contribution in [0.4, 0.5) is 10.1 Å². The fourth-order valence-electron chi connectivity index (χ4n) is 3.40. The number of aliphatic hydroxyl groups excluding tert-OH is 1. The molecule has 5 nitrogen and oxygen atoms in total. The summed E-state index contributed by atoms with van der Waals surface area (Å²) >= 11 is 1.81. The van der Waals surface area contributed by atoms with Gasteiger partial charge in [0.15, 0.2) is 5.96 Å². The van der Waals surface area contributed by atoms with E-state index in [0.717, 1.165) is 31.0 Å². The number of anilines is 1. The number of aliphatic imine (C=N–C) groups is 1. The molecule has 3 N–H and O–H groups in total. The Hall–Kier alpha value is -1.39. The average molecular weight is 546 g/mol. The minimum absolute atomic E-state index is 0. The van der Waals surface area contributed by atoms with Gasteiger partial charge in [-0.2, -0.15) is 0 Å². The minimum atomic E-state index is -0.261. The van der Waals surface area contributed by atoms with Crippen molar-refractivity contribution in [1.82, 2.24) is 10.6 Å². The molecule has 8 heteroatoms. The second kappa shape index (κ2) is 12.5. The highest BCUT2D eigenvalue weighted by Gasteiger charge is 2.19. The van der Waals surface area contributed by atoms with Crippen molar-refractivity contribution in [3.05, 3.63) is 51.5 Å². The number of halogens is 2. The summed E-state index contributed by atoms with van der Waals surface area (Å²) in [4.78, 5) is 9.26. The third kappa shape index (κ3) is 7.09. The Morgan fingerprint density at radius 3 is 2.53 bits per heavy atom. The van der Waals surface area contributed by atoms with E-state index in [4.69, 9.17) is 0 Å². The second-order valence-corrected chi connectivity index (χ2v) is 8.53. The SMILES string of the molecule is CCNC(=NCc1ccc(N2CCC(O)CC2)c(F)c1)NCc1ccc(CC)s1.I. The van der Waals surface area contributed by atoms with Crippen LogP contribution in [-0.2, 0) is 19.5 Å². The number of benzene rings is 1. The summed E-state index contributed by atoms with van der Waals surface area (Å²) in [5.41, 5.74) is 1.45. The topological polar surface area (TPSA) is 59.9 Å². The molecule has 0 radical (unpaired) electrons. The number of nitrogens with one attached hydrogen (secondary N) is 2. The van der Waals surface area contributed by atoms with Gasteiger partial charge < -0.3 is 20.6 Å². The molecular weight excluding hydrogens is 514 g/mol. The molecule has 0 bridgehead atoms. The van der Waals surface area contributed by atoms with E-state index in [1.54, 1.807) is 6.07 Å². The lowest BCUT2D eigenvalue weighted by Crippen LogP contribution is -2.36. The van der Waals surface area contributed by atoms with Gasteiger partial charge in [0.25, 0.3) is 0 Å². The smallest absolute Gasteiger partial charge is 0.191 e. The molecule has 1 saturated heterocycles. The summed E-state index contributed by atoms with van der Waals surface area (Å²) in [7, 11) is 0. The fraction of sp³-hybridized carbons (Fsp3) is 0.500. The highest BCUT2D eigenvalue weighted by Crippen LogP contribution is 2.24. The summed E-state index contributed by atoms with van der Waals surface area (Å²) in [5, 5.41) is 16.2. The Kier molecular flexibility index (Phi) is 10.3. The molecule has 1 aromatic carbocycles. The lowest BCUT2D eigenvalue weighted by atomic mass is 10.1. The van der Waals surface area contributed by atoms with Crippen LogP contribution in [0.5, 0.6) is 0 Å². The molecule has 0 aliphatic carbocycles. The first kappa shape index (κ1) is 24.9. The highest BCUT2D eigenvalue weighted by molar-refractivity contribution is 14.0. The molecular formula is C22H32FIN4OS. The Morgan fingerprint density at radius 2 is 1.90 bits per heavy atom. The monoisotopic (exact) mass is 546 g/mol. The quantitative estimate of drug-likeness (QED) is 0.276. The van der Waals surface area contributed by atoms with Crippen molar-refractivity contribution in [2.24, 2.45) is 4.99 Å². The molecule has 30 heavy (non-hydrogen) atoms. The second-order valence-electron chi connectivity index (χ2n) is 7.27. The number of nitrogens with zero attached hydrogens (tertiary/aromatic N) is 2. The molecule has 1 aliphatic heterocycles. The van der Waals surface area contributed by atoms with Gasteiger partial charge in [-0.3, -0.25) is 0 Å². The van der Waals surface area contributed by atoms with Crippen LogP contribution in [0.2, 0.25) is 0 Å². The first-order valence-electron chi connectivity index (χ1n) is 10.4. The molecule has 1 aliphatic rings. The van der Waals surface area contributed by atoms with Crippen LogP contribution in [0.3, 0.4) is 0 Å². The Morgan fingerprint density at radius 1 is 1.17 bits per heavy atom. The zero-order valence-corrected chi connectivity index (χ0v) is 20.8. The van der Waals surface area contributed by atoms with Crippen LogP contribution in [0.15, 0.2) is 35.3 Å². The summed E-state index contributed by atoms with van der Waals surface area (Å²) in [5.74, 6) is 0.506. The van der Waals surface area contributed by atoms with E-state index >= 15 is 0 Å². The van der Waals surface area contributed by atoms with Crippen LogP contribution >= 0.6 is 35.3 Å². The van der Waals surface area contributed by atoms with Gasteiger partial charge in [0.1, 0.15) is 5.82 Å². The number of piperidine rings is 1. The van der Waals surface area contributed by atoms with Crippen LogP contribution in [-0.4, -0.2) is 36.8 Å². The van der Waals surface area contributed by atoms with E-state index in [1.807, 2.05) is 35.3 Å². The van der Waals surface area contributed by atoms with Gasteiger partial charge in [-0.25, -0.2) is 9.38 Å². The van der Waals surface area contributed by atoms with Gasteiger partial charge in [0.2, 0.25) is 0 Å². The van der Waals surface area contributed by atoms with Crippen molar-refractivity contribution < 1.29 is 9.50 Å². The predicted octanol–water partition coefficient (Wildman–Crippen LogP) is 4.28. The minimum Gasteiger partial charge on any atom is -0.393 e. The van der Waals surface area contributed by atoms with Crippen molar-refractivity contribution in [1.29, 1.82) is 0 Å². The number of hydrogen-bond donors (Lipinski definition) is 3. The van der Waals surface area contributed by atoms with Gasteiger partial charge in [-0.05, 0) is 56.0 Å². The molecule has 0 amide bonds. The van der Waals surface area contributed by atoms with Gasteiger partial charge in [-0.15, -0.1) is 35.3 Å². The molecule has 0 spiro atoms. The predicted molar refractivity (Wildman–Crippen MR) is 135 cm³/mol. The molecule has 0 saturated carbocycles. The van der Waals surface area contributed by atoms with Crippen LogP contribution in [0, 0.1) is 5.82 Å². The number of rotatable bonds is 7. The molecule has 2 aromatic rings. The third-order valence-electron chi connectivity index (χ3n) is 5.08. The summed E-state index contributed by atoms with van der Waals surface area (Å²) < 4.78 is 14.6. The first-order chi connectivity index (χ1) is 14.1. The number of guanidine groups is 1. The zero-order valence-electron chi connectivity index (χ0n) is 17.7. The normalized spacial score (nSPS) is 15.1. The van der Waals surface area contributed by atoms with Crippen molar-refractivity contribution >= 4 is 47.0 Å². The third-order valence-corrected chi connectivity index (χ3v) is 6.31. The maximum atomic E-state index is 14.6. The molecule has 0 unspecified atom stereocenters. The summed E-state index contributed by atoms with van der Waals surface area (Å²) in [6.45, 7) is 7.47. The maximum absolute atomic E-state index is 14.6. The summed E-state index contributed by atoms with van der Waals surface area (Å²) in [6, 6.07) is 9.65. The van der Waals surface area contributed by atoms with Gasteiger partial charge >= 0.3 is 0 Å². The van der Waals surface area contributed by atoms with E-state index in [2.05, 4.69) is 34.7 Å². The molecule has 166 valence electrons. The number of aryl methyl sites for hydroxylation is 1. The lowest BCUT2D eigenvalue weighted by molar-refractivity contribution is 0.145. The first-order valence-corrected chi connectivity index (χ1v) is 11.2. The van der Waals surface area contributed by atoms with Crippen molar-refractivity contribution in [3.8, 4) is 0 Å². The maximum Gasteiger partial charge on any atom is 0.191 e. The van der Waals surface area contributed by atoms with E-state index in [-0.39, 0.29) is 35.9 Å². The standard InChI is InChI=1S/C22H31FN4OS.HI/c1-3-18-6-7-19(29-18)15-26-22(24-4-2)25-14-16-5-8-21(20(23)13-16)27-11-9-17(28)10-12-27;/h5-8,13,17,28H,3-4,9-12,14-15H2,1-2H3,(H2,24,25,26);1H. The lowest BCUT2D eigenvalue weighted by Gasteiger charge is -2.31. The van der Waals surface area contributed by atoms with Crippen molar-refractivity contribution in [2.45, 2.75) is 52.3 Å². The summed E-state index contributed by atoms with van der Waals surface area (Å²) in [6.07, 6.45) is 2.17. The average Bonchev–Trinajstić information content (AvgIpc) is 3.19. The van der Waals surface area contributed by atoms with E-state index < -0.39 is 0 Å². The zero-order chi connectivity index (χ0) is 20.6. The van der Waals surface area contributed by atoms with Crippen molar-refractivity contribution in [2.75, 3.05) is 24.5 Å². The Bertz CT molecular complexity index is 821. The molecule has 1 aromatic heterocycles. The van der Waals surface area contributed by atoms with Gasteiger partial charge in [0.05, 0.1) is 24.9 Å². The molecule has 3 rings (SSSR count). The Balaban J connectivity index is 0.00000320. The van der Waals surface area contributed by atoms with Crippen LogP contribution in [0.1, 0.15) is 42.0 Å². The molecule has 0 atom stereocenters. The van der Waals surface area contributed by atoms with E-state index in [9.17, 15) is 9.50 Å². The largest absolute Gasteiger partial charge is 0.393 e. The number of thiophene rings is 1. The van der Waals surface area contributed by atoms with Crippen LogP contribution < -0.4 is 15.5 Å². The number of hydrogen-bond acceptors (Lipinski definition) is 4. The van der Waals surface area contributed by atoms with Crippen molar-refractivity contribution in [3.63, 3.8) is 0 Å². The Labute approximate surface area is 199 Å². The fourth-order valence-corrected chi connectivity index (χ4v) is 4.30. The van der Waals surface area contributed by atoms with Crippen LogP contribution in [0.25, 0.3) is 0 Å². The molecule has 1 fully saturated rings. The highest BCUT2D eigenvalue weighted by atomic mass is 127. The van der Waals surface area contributed by atoms with E-state index in [1.165, 1.54) is 9.75 Å². The number of aliphatic hydroxyl groups is 1. The molecule has 2 heterocycles. The van der Waals surface area contributed by atoms with Gasteiger partial charge in [-0.1, -0.05) is 13.0 Å².